The Balaban J connectivity index is 2.98. The Morgan fingerprint density at radius 2 is 1.73 bits per heavy atom. The molecule has 0 radical (unpaired) electrons. The number of carbonyl (C=O) groups excluding carboxylic acids is 1. The molecule has 142 valence electrons. The topological polar surface area (TPSA) is 74.6 Å². The van der Waals surface area contributed by atoms with Crippen molar-refractivity contribution in [3.05, 3.63) is 30.0 Å². The maximum absolute atomic E-state index is 12.5. The molecule has 1 aromatic carbocycles. The van der Waals surface area contributed by atoms with Gasteiger partial charge in [-0.2, -0.15) is 5.26 Å². The summed E-state index contributed by atoms with van der Waals surface area (Å²) in [5.74, 6) is 1.49. The van der Waals surface area contributed by atoms with Gasteiger partial charge in [-0.25, -0.2) is 0 Å². The predicted octanol–water partition coefficient (Wildman–Crippen LogP) is 3.66. The van der Waals surface area contributed by atoms with Crippen LogP contribution in [0.5, 0.6) is 11.5 Å². The maximum Gasteiger partial charge on any atom is 0.267 e. The van der Waals surface area contributed by atoms with Gasteiger partial charge in [0.25, 0.3) is 5.91 Å². The predicted molar refractivity (Wildman–Crippen MR) is 103 cm³/mol. The number of nitriles is 1. The van der Waals surface area contributed by atoms with Crippen LogP contribution in [-0.4, -0.2) is 38.1 Å². The summed E-state index contributed by atoms with van der Waals surface area (Å²) in [6.45, 7) is 10.0. The molecule has 0 saturated heterocycles. The highest BCUT2D eigenvalue weighted by atomic mass is 16.5. The highest BCUT2D eigenvalue weighted by Gasteiger charge is 2.14. The lowest BCUT2D eigenvalue weighted by Gasteiger charge is -2.25. The van der Waals surface area contributed by atoms with Crippen molar-refractivity contribution in [1.29, 1.82) is 5.26 Å². The van der Waals surface area contributed by atoms with Crippen LogP contribution in [0.2, 0.25) is 0 Å². The van der Waals surface area contributed by atoms with Gasteiger partial charge in [0.05, 0.1) is 14.2 Å². The lowest BCUT2D eigenvalue weighted by atomic mass is 10.1. The summed E-state index contributed by atoms with van der Waals surface area (Å²) >= 11 is 0. The average Bonchev–Trinajstić information content (AvgIpc) is 2.58. The third-order valence-corrected chi connectivity index (χ3v) is 3.52. The summed E-state index contributed by atoms with van der Waals surface area (Å²) in [5.41, 5.74) is 0.606. The summed E-state index contributed by atoms with van der Waals surface area (Å²) in [6, 6.07) is 7.07. The number of anilines is 1. The number of hydrogen-bond acceptors (Lipinski definition) is 5. The van der Waals surface area contributed by atoms with Crippen molar-refractivity contribution >= 4 is 11.6 Å². The molecule has 0 aromatic heterocycles. The zero-order valence-electron chi connectivity index (χ0n) is 16.5. The lowest BCUT2D eigenvalue weighted by Crippen LogP contribution is -2.28. The molecule has 0 heterocycles. The number of methoxy groups -OCH3 is 2. The fourth-order valence-corrected chi connectivity index (χ4v) is 2.55. The number of carbonyl (C=O) groups is 1. The minimum absolute atomic E-state index is 0.0704. The molecule has 0 atom stereocenters. The second-order valence-corrected chi connectivity index (χ2v) is 6.92. The molecule has 0 aliphatic rings. The highest BCUT2D eigenvalue weighted by molar-refractivity contribution is 6.06. The van der Waals surface area contributed by atoms with Crippen LogP contribution < -0.4 is 14.8 Å². The fourth-order valence-electron chi connectivity index (χ4n) is 2.55. The first-order valence-corrected chi connectivity index (χ1v) is 8.70. The SMILES string of the molecule is COc1ccc(NC(=O)/C(C#N)=C\N(CC(C)C)CC(C)C)cc1OC. The van der Waals surface area contributed by atoms with Gasteiger partial charge in [-0.3, -0.25) is 4.79 Å². The van der Waals surface area contributed by atoms with Gasteiger partial charge >= 0.3 is 0 Å². The molecule has 26 heavy (non-hydrogen) atoms. The van der Waals surface area contributed by atoms with Gasteiger partial charge in [-0.1, -0.05) is 27.7 Å². The van der Waals surface area contributed by atoms with Gasteiger partial charge in [0.2, 0.25) is 0 Å². The van der Waals surface area contributed by atoms with E-state index in [2.05, 4.69) is 33.0 Å². The summed E-state index contributed by atoms with van der Waals surface area (Å²) in [7, 11) is 3.07. The Bertz CT molecular complexity index is 665. The monoisotopic (exact) mass is 359 g/mol. The number of rotatable bonds is 9. The van der Waals surface area contributed by atoms with E-state index in [9.17, 15) is 10.1 Å². The van der Waals surface area contributed by atoms with E-state index in [0.29, 0.717) is 29.0 Å². The van der Waals surface area contributed by atoms with E-state index in [1.807, 2.05) is 11.0 Å². The Morgan fingerprint density at radius 3 is 2.19 bits per heavy atom. The van der Waals surface area contributed by atoms with Crippen LogP contribution in [0.15, 0.2) is 30.0 Å². The Morgan fingerprint density at radius 1 is 1.15 bits per heavy atom. The zero-order valence-corrected chi connectivity index (χ0v) is 16.5. The summed E-state index contributed by atoms with van der Waals surface area (Å²) in [5, 5.41) is 12.2. The summed E-state index contributed by atoms with van der Waals surface area (Å²) < 4.78 is 10.4. The van der Waals surface area contributed by atoms with E-state index in [0.717, 1.165) is 13.1 Å². The fraction of sp³-hybridized carbons (Fsp3) is 0.500. The molecule has 6 heteroatoms. The Labute approximate surface area is 156 Å². The summed E-state index contributed by atoms with van der Waals surface area (Å²) in [6.07, 6.45) is 1.65. The molecular weight excluding hydrogens is 330 g/mol. The van der Waals surface area contributed by atoms with Gasteiger partial charge < -0.3 is 19.7 Å². The van der Waals surface area contributed by atoms with Crippen molar-refractivity contribution in [2.75, 3.05) is 32.6 Å². The van der Waals surface area contributed by atoms with E-state index in [-0.39, 0.29) is 5.57 Å². The van der Waals surface area contributed by atoms with Gasteiger partial charge in [-0.05, 0) is 24.0 Å². The number of hydrogen-bond donors (Lipinski definition) is 1. The van der Waals surface area contributed by atoms with Crippen molar-refractivity contribution in [2.24, 2.45) is 11.8 Å². The van der Waals surface area contributed by atoms with Crippen LogP contribution in [0.4, 0.5) is 5.69 Å². The van der Waals surface area contributed by atoms with E-state index in [1.165, 1.54) is 7.11 Å². The van der Waals surface area contributed by atoms with Crippen molar-refractivity contribution in [3.63, 3.8) is 0 Å². The lowest BCUT2D eigenvalue weighted by molar-refractivity contribution is -0.112. The first-order chi connectivity index (χ1) is 12.3. The maximum atomic E-state index is 12.5. The van der Waals surface area contributed by atoms with Crippen molar-refractivity contribution in [3.8, 4) is 17.6 Å². The first kappa shape index (κ1) is 21.4. The molecule has 1 N–H and O–H groups in total. The minimum atomic E-state index is -0.447. The second kappa shape index (κ2) is 10.3. The van der Waals surface area contributed by atoms with E-state index in [4.69, 9.17) is 9.47 Å². The number of amides is 1. The van der Waals surface area contributed by atoms with Crippen LogP contribution in [0.1, 0.15) is 27.7 Å². The Kier molecular flexibility index (Phi) is 8.50. The molecule has 0 spiro atoms. The standard InChI is InChI=1S/C20H29N3O3/c1-14(2)11-23(12-15(3)4)13-16(10-21)20(24)22-17-7-8-18(25-5)19(9-17)26-6/h7-9,13-15H,11-12H2,1-6H3,(H,22,24)/b16-13-. The van der Waals surface area contributed by atoms with E-state index in [1.54, 1.807) is 31.5 Å². The molecule has 0 fully saturated rings. The second-order valence-electron chi connectivity index (χ2n) is 6.92. The third-order valence-electron chi connectivity index (χ3n) is 3.52. The molecule has 0 saturated carbocycles. The van der Waals surface area contributed by atoms with E-state index >= 15 is 0 Å². The normalized spacial score (nSPS) is 11.3. The van der Waals surface area contributed by atoms with Gasteiger partial charge in [-0.15, -0.1) is 0 Å². The van der Waals surface area contributed by atoms with Gasteiger partial charge in [0.1, 0.15) is 11.6 Å². The summed E-state index contributed by atoms with van der Waals surface area (Å²) in [4.78, 5) is 14.5. The number of nitrogens with one attached hydrogen (secondary N) is 1. The molecule has 0 unspecified atom stereocenters. The molecule has 6 nitrogen and oxygen atoms in total. The van der Waals surface area contributed by atoms with Gasteiger partial charge in [0, 0.05) is 31.0 Å². The quantitative estimate of drug-likeness (QED) is 0.538. The molecule has 1 rings (SSSR count). The molecule has 0 aliphatic carbocycles. The van der Waals surface area contributed by atoms with Crippen LogP contribution in [-0.2, 0) is 4.79 Å². The smallest absolute Gasteiger partial charge is 0.267 e. The molecule has 0 aliphatic heterocycles. The Hall–Kier alpha value is -2.68. The van der Waals surface area contributed by atoms with Crippen molar-refractivity contribution in [2.45, 2.75) is 27.7 Å². The van der Waals surface area contributed by atoms with Crippen molar-refractivity contribution in [1.82, 2.24) is 4.90 Å². The van der Waals surface area contributed by atoms with E-state index < -0.39 is 5.91 Å². The largest absolute Gasteiger partial charge is 0.493 e. The zero-order chi connectivity index (χ0) is 19.7. The molecule has 1 aromatic rings. The van der Waals surface area contributed by atoms with Crippen LogP contribution in [0, 0.1) is 23.2 Å². The molecular formula is C20H29N3O3. The third kappa shape index (κ3) is 6.67. The van der Waals surface area contributed by atoms with Crippen LogP contribution in [0.3, 0.4) is 0 Å². The van der Waals surface area contributed by atoms with Crippen molar-refractivity contribution < 1.29 is 14.3 Å². The first-order valence-electron chi connectivity index (χ1n) is 8.70. The van der Waals surface area contributed by atoms with Gasteiger partial charge in [0.15, 0.2) is 11.5 Å². The highest BCUT2D eigenvalue weighted by Crippen LogP contribution is 2.29. The average molecular weight is 359 g/mol. The van der Waals surface area contributed by atoms with Crippen LogP contribution >= 0.6 is 0 Å². The number of nitrogens with zero attached hydrogens (tertiary/aromatic N) is 2. The molecule has 0 bridgehead atoms. The molecule has 1 amide bonds. The van der Waals surface area contributed by atoms with Crippen LogP contribution in [0.25, 0.3) is 0 Å². The number of ether oxygens (including phenoxy) is 2. The minimum Gasteiger partial charge on any atom is -0.493 e. The number of benzene rings is 1.